The van der Waals surface area contributed by atoms with Crippen LogP contribution in [0.2, 0.25) is 0 Å². The second-order valence-corrected chi connectivity index (χ2v) is 6.85. The van der Waals surface area contributed by atoms with Crippen molar-refractivity contribution in [2.75, 3.05) is 21.3 Å². The van der Waals surface area contributed by atoms with Gasteiger partial charge in [0, 0.05) is 29.5 Å². The first-order chi connectivity index (χ1) is 13.2. The van der Waals surface area contributed by atoms with Gasteiger partial charge in [-0.2, -0.15) is 0 Å². The minimum atomic E-state index is 0.481. The van der Waals surface area contributed by atoms with E-state index in [1.807, 2.05) is 36.4 Å². The molecule has 0 atom stereocenters. The molecule has 2 aromatic carbocycles. The summed E-state index contributed by atoms with van der Waals surface area (Å²) in [4.78, 5) is 10.3. The zero-order valence-corrected chi connectivity index (χ0v) is 16.0. The second kappa shape index (κ2) is 7.28. The maximum Gasteiger partial charge on any atom is 0.210 e. The fraction of sp³-hybridized carbons (Fsp3) is 0.200. The van der Waals surface area contributed by atoms with E-state index < -0.39 is 0 Å². The Kier molecular flexibility index (Phi) is 4.68. The van der Waals surface area contributed by atoms with Crippen molar-refractivity contribution in [2.24, 2.45) is 4.99 Å². The average Bonchev–Trinajstić information content (AvgIpc) is 3.15. The summed E-state index contributed by atoms with van der Waals surface area (Å²) < 4.78 is 21.7. The Hall–Kier alpha value is -3.06. The Morgan fingerprint density at radius 3 is 2.59 bits per heavy atom. The highest BCUT2D eigenvalue weighted by molar-refractivity contribution is 7.15. The zero-order valence-electron chi connectivity index (χ0n) is 15.2. The molecule has 27 heavy (non-hydrogen) atoms. The molecule has 138 valence electrons. The number of hydrogen-bond acceptors (Lipinski definition) is 7. The Labute approximate surface area is 161 Å². The smallest absolute Gasteiger partial charge is 0.210 e. The Balaban J connectivity index is 1.64. The number of thiazole rings is 1. The zero-order chi connectivity index (χ0) is 18.8. The van der Waals surface area contributed by atoms with Gasteiger partial charge in [-0.1, -0.05) is 11.3 Å². The number of rotatable bonds is 5. The predicted molar refractivity (Wildman–Crippen MR) is 105 cm³/mol. The molecule has 3 aromatic rings. The summed E-state index contributed by atoms with van der Waals surface area (Å²) in [6, 6.07) is 11.3. The van der Waals surface area contributed by atoms with Crippen molar-refractivity contribution in [3.05, 3.63) is 46.8 Å². The minimum Gasteiger partial charge on any atom is -0.497 e. The standard InChI is InChI=1S/C20H18N2O4S/c1-23-13-5-4-12(16(8-13)25-3)10-21-20-22-19-15-7-6-14(24-2)9-17(15)26-11-18(19)27-20/h4-10H,11H2,1-3H3. The van der Waals surface area contributed by atoms with Gasteiger partial charge in [-0.05, 0) is 24.3 Å². The van der Waals surface area contributed by atoms with Crippen LogP contribution in [-0.2, 0) is 6.61 Å². The molecule has 0 saturated heterocycles. The Morgan fingerprint density at radius 1 is 1.04 bits per heavy atom. The predicted octanol–water partition coefficient (Wildman–Crippen LogP) is 4.48. The van der Waals surface area contributed by atoms with Crippen LogP contribution in [0.15, 0.2) is 41.4 Å². The minimum absolute atomic E-state index is 0.481. The Bertz CT molecular complexity index is 1010. The fourth-order valence-electron chi connectivity index (χ4n) is 2.84. The van der Waals surface area contributed by atoms with Gasteiger partial charge in [0.25, 0.3) is 0 Å². The normalized spacial score (nSPS) is 12.3. The summed E-state index contributed by atoms with van der Waals surface area (Å²) in [5.74, 6) is 2.97. The van der Waals surface area contributed by atoms with Crippen molar-refractivity contribution in [1.29, 1.82) is 0 Å². The van der Waals surface area contributed by atoms with Gasteiger partial charge in [-0.15, -0.1) is 0 Å². The molecule has 1 aromatic heterocycles. The lowest BCUT2D eigenvalue weighted by atomic mass is 10.1. The lowest BCUT2D eigenvalue weighted by Crippen LogP contribution is -2.03. The van der Waals surface area contributed by atoms with Crippen molar-refractivity contribution in [1.82, 2.24) is 4.98 Å². The van der Waals surface area contributed by atoms with E-state index in [-0.39, 0.29) is 0 Å². The molecular weight excluding hydrogens is 364 g/mol. The summed E-state index contributed by atoms with van der Waals surface area (Å²) in [7, 11) is 4.88. The van der Waals surface area contributed by atoms with Gasteiger partial charge < -0.3 is 18.9 Å². The van der Waals surface area contributed by atoms with Gasteiger partial charge in [0.2, 0.25) is 5.13 Å². The molecule has 0 amide bonds. The molecule has 0 spiro atoms. The molecule has 0 saturated carbocycles. The number of hydrogen-bond donors (Lipinski definition) is 0. The molecule has 0 bridgehead atoms. The number of methoxy groups -OCH3 is 3. The maximum absolute atomic E-state index is 5.84. The second-order valence-electron chi connectivity index (χ2n) is 5.79. The summed E-state index contributed by atoms with van der Waals surface area (Å²) >= 11 is 1.52. The van der Waals surface area contributed by atoms with E-state index >= 15 is 0 Å². The molecule has 0 aliphatic carbocycles. The first-order valence-electron chi connectivity index (χ1n) is 8.29. The van der Waals surface area contributed by atoms with E-state index in [0.29, 0.717) is 17.5 Å². The van der Waals surface area contributed by atoms with Crippen LogP contribution < -0.4 is 18.9 Å². The molecule has 0 fully saturated rings. The van der Waals surface area contributed by atoms with Crippen LogP contribution in [0.1, 0.15) is 10.4 Å². The van der Waals surface area contributed by atoms with Crippen LogP contribution >= 0.6 is 11.3 Å². The molecular formula is C20H18N2O4S. The van der Waals surface area contributed by atoms with E-state index in [4.69, 9.17) is 18.9 Å². The molecule has 0 radical (unpaired) electrons. The third kappa shape index (κ3) is 3.33. The number of aliphatic imine (C=N–C) groups is 1. The summed E-state index contributed by atoms with van der Waals surface area (Å²) in [6.45, 7) is 0.481. The molecule has 1 aliphatic rings. The Morgan fingerprint density at radius 2 is 1.81 bits per heavy atom. The molecule has 7 heteroatoms. The lowest BCUT2D eigenvalue weighted by Gasteiger charge is -2.16. The number of fused-ring (bicyclic) bond motifs is 3. The average molecular weight is 382 g/mol. The summed E-state index contributed by atoms with van der Waals surface area (Å²) in [6.07, 6.45) is 1.75. The maximum atomic E-state index is 5.84. The van der Waals surface area contributed by atoms with Gasteiger partial charge >= 0.3 is 0 Å². The summed E-state index contributed by atoms with van der Waals surface area (Å²) in [5, 5.41) is 0.671. The van der Waals surface area contributed by atoms with E-state index in [9.17, 15) is 0 Å². The van der Waals surface area contributed by atoms with E-state index in [1.165, 1.54) is 11.3 Å². The lowest BCUT2D eigenvalue weighted by molar-refractivity contribution is 0.303. The molecule has 4 rings (SSSR count). The van der Waals surface area contributed by atoms with Crippen molar-refractivity contribution >= 4 is 22.7 Å². The third-order valence-electron chi connectivity index (χ3n) is 4.24. The summed E-state index contributed by atoms with van der Waals surface area (Å²) in [5.41, 5.74) is 2.72. The topological polar surface area (TPSA) is 62.2 Å². The van der Waals surface area contributed by atoms with Gasteiger partial charge in [-0.3, -0.25) is 0 Å². The van der Waals surface area contributed by atoms with Crippen LogP contribution in [0.25, 0.3) is 11.3 Å². The number of benzene rings is 2. The van der Waals surface area contributed by atoms with Crippen LogP contribution in [-0.4, -0.2) is 32.5 Å². The van der Waals surface area contributed by atoms with Crippen molar-refractivity contribution in [3.63, 3.8) is 0 Å². The first-order valence-corrected chi connectivity index (χ1v) is 9.10. The van der Waals surface area contributed by atoms with Gasteiger partial charge in [0.1, 0.15) is 29.6 Å². The van der Waals surface area contributed by atoms with Crippen LogP contribution in [0.4, 0.5) is 5.13 Å². The van der Waals surface area contributed by atoms with Gasteiger partial charge in [-0.25, -0.2) is 9.98 Å². The van der Waals surface area contributed by atoms with Crippen LogP contribution in [0.3, 0.4) is 0 Å². The highest BCUT2D eigenvalue weighted by Crippen LogP contribution is 2.43. The first kappa shape index (κ1) is 17.4. The largest absolute Gasteiger partial charge is 0.497 e. The fourth-order valence-corrected chi connectivity index (χ4v) is 3.67. The van der Waals surface area contributed by atoms with E-state index in [1.54, 1.807) is 27.5 Å². The van der Waals surface area contributed by atoms with Crippen LogP contribution in [0.5, 0.6) is 23.0 Å². The van der Waals surface area contributed by atoms with Crippen molar-refractivity contribution in [2.45, 2.75) is 6.61 Å². The van der Waals surface area contributed by atoms with Crippen LogP contribution in [0, 0.1) is 0 Å². The van der Waals surface area contributed by atoms with E-state index in [0.717, 1.165) is 38.9 Å². The van der Waals surface area contributed by atoms with Gasteiger partial charge in [0.05, 0.1) is 31.9 Å². The molecule has 0 unspecified atom stereocenters. The number of nitrogens with zero attached hydrogens (tertiary/aromatic N) is 2. The van der Waals surface area contributed by atoms with Gasteiger partial charge in [0.15, 0.2) is 0 Å². The SMILES string of the molecule is COc1ccc(C=Nc2nc3c(s2)COc2cc(OC)ccc2-3)c(OC)c1. The highest BCUT2D eigenvalue weighted by atomic mass is 32.1. The van der Waals surface area contributed by atoms with E-state index in [2.05, 4.69) is 9.98 Å². The molecule has 0 N–H and O–H groups in total. The number of ether oxygens (including phenoxy) is 4. The highest BCUT2D eigenvalue weighted by Gasteiger charge is 2.22. The molecule has 6 nitrogen and oxygen atoms in total. The molecule has 1 aliphatic heterocycles. The van der Waals surface area contributed by atoms with Crippen molar-refractivity contribution in [3.8, 4) is 34.3 Å². The monoisotopic (exact) mass is 382 g/mol. The van der Waals surface area contributed by atoms with Crippen molar-refractivity contribution < 1.29 is 18.9 Å². The molecule has 2 heterocycles. The number of aromatic nitrogens is 1. The quantitative estimate of drug-likeness (QED) is 0.609. The third-order valence-corrected chi connectivity index (χ3v) is 5.18.